The first-order chi connectivity index (χ1) is 71.3. The first-order valence-electron chi connectivity index (χ1n) is 51.8. The molecule has 6 amide bonds. The van der Waals surface area contributed by atoms with Gasteiger partial charge in [-0.2, -0.15) is 21.0 Å². The van der Waals surface area contributed by atoms with Crippen molar-refractivity contribution in [2.45, 2.75) is 251 Å². The summed E-state index contributed by atoms with van der Waals surface area (Å²) in [6.07, 6.45) is 31.1. The lowest BCUT2D eigenvalue weighted by Crippen LogP contribution is -2.26. The van der Waals surface area contributed by atoms with E-state index in [4.69, 9.17) is 46.5 Å². The van der Waals surface area contributed by atoms with Crippen LogP contribution in [0.3, 0.4) is 0 Å². The lowest BCUT2D eigenvalue weighted by Gasteiger charge is -2.23. The van der Waals surface area contributed by atoms with Crippen molar-refractivity contribution in [3.8, 4) is 24.3 Å². The van der Waals surface area contributed by atoms with Gasteiger partial charge in [0, 0.05) is 154 Å². The van der Waals surface area contributed by atoms with Crippen molar-refractivity contribution in [1.29, 1.82) is 21.0 Å². The van der Waals surface area contributed by atoms with Gasteiger partial charge in [0.15, 0.2) is 0 Å². The molecule has 5 aliphatic rings. The third-order valence-electron chi connectivity index (χ3n) is 29.5. The molecule has 147 heavy (non-hydrogen) atoms. The van der Waals surface area contributed by atoms with Gasteiger partial charge in [-0.15, -0.1) is 0 Å². The van der Waals surface area contributed by atoms with Gasteiger partial charge in [0.2, 0.25) is 35.6 Å². The highest BCUT2D eigenvalue weighted by molar-refractivity contribution is 6.07. The smallest absolute Gasteiger partial charge is 0.257 e. The summed E-state index contributed by atoms with van der Waals surface area (Å²) in [6.45, 7) is 12.8. The number of Topliss-reactive ketones (excluding diaryl/α,β-unsaturated/α-hetero) is 4. The maximum Gasteiger partial charge on any atom is 0.257 e. The number of primary amides is 1. The number of aryl methyl sites for hydroxylation is 5. The molecule has 4 atom stereocenters. The number of amides is 6. The van der Waals surface area contributed by atoms with Crippen LogP contribution >= 0.6 is 0 Å². The van der Waals surface area contributed by atoms with Crippen LogP contribution in [-0.2, 0) is 66.2 Å². The first kappa shape index (κ1) is 106. The Morgan fingerprint density at radius 2 is 0.660 bits per heavy atom. The second kappa shape index (κ2) is 50.7. The Morgan fingerprint density at radius 1 is 0.374 bits per heavy atom. The molecular weight excluding hydrogens is 1850 g/mol. The molecule has 31 nitrogen and oxygen atoms in total. The summed E-state index contributed by atoms with van der Waals surface area (Å²) in [5, 5.41) is 47.7. The lowest BCUT2D eigenvalue weighted by atomic mass is 9.80. The molecule has 6 N–H and O–H groups in total. The minimum atomic E-state index is -0.459. The van der Waals surface area contributed by atoms with E-state index in [1.54, 1.807) is 121 Å². The molecule has 0 spiro atoms. The highest BCUT2D eigenvalue weighted by Crippen LogP contribution is 2.39. The molecule has 13 aromatic rings. The number of rotatable bonds is 35. The van der Waals surface area contributed by atoms with Gasteiger partial charge in [0.1, 0.15) is 23.1 Å². The third kappa shape index (κ3) is 26.7. The summed E-state index contributed by atoms with van der Waals surface area (Å²) in [4.78, 5) is 153. The fraction of sp³-hybridized carbons (Fsp3) is 0.405. The second-order valence-electron chi connectivity index (χ2n) is 39.3. The van der Waals surface area contributed by atoms with Crippen molar-refractivity contribution < 1.29 is 52.7 Å². The fourth-order valence-electron chi connectivity index (χ4n) is 20.8. The van der Waals surface area contributed by atoms with E-state index < -0.39 is 5.91 Å². The molecule has 0 radical (unpaired) electrons. The molecule has 5 fully saturated rings. The number of hydrogen-bond acceptors (Lipinski definition) is 20. The summed E-state index contributed by atoms with van der Waals surface area (Å²) in [7, 11) is 1.66. The molecule has 8 aromatic carbocycles. The number of nitrogens with zero attached hydrogens (tertiary/aromatic N) is 15. The zero-order valence-electron chi connectivity index (χ0n) is 84.3. The van der Waals surface area contributed by atoms with Crippen molar-refractivity contribution in [2.75, 3.05) is 48.1 Å². The molecule has 5 aromatic heterocycles. The zero-order chi connectivity index (χ0) is 104. The van der Waals surface area contributed by atoms with E-state index in [-0.39, 0.29) is 95.6 Å². The molecule has 0 bridgehead atoms. The highest BCUT2D eigenvalue weighted by atomic mass is 16.5. The number of fused-ring (bicyclic) bond motifs is 4. The number of likely N-dealkylation sites (tertiary alicyclic amines) is 1. The van der Waals surface area contributed by atoms with E-state index in [0.29, 0.717) is 130 Å². The van der Waals surface area contributed by atoms with Crippen LogP contribution in [0.15, 0.2) is 189 Å². The van der Waals surface area contributed by atoms with Crippen LogP contribution in [0.1, 0.15) is 304 Å². The number of ketones is 4. The monoisotopic (exact) mass is 1980 g/mol. The van der Waals surface area contributed by atoms with Crippen LogP contribution in [0.5, 0.6) is 0 Å². The van der Waals surface area contributed by atoms with Gasteiger partial charge in [0.25, 0.3) is 23.6 Å². The predicted molar refractivity (Wildman–Crippen MR) is 563 cm³/mol. The molecular formula is C116H128N20O11. The van der Waals surface area contributed by atoms with Gasteiger partial charge in [0.05, 0.1) is 97.0 Å². The van der Waals surface area contributed by atoms with Crippen molar-refractivity contribution in [3.05, 3.63) is 255 Å². The molecule has 1 saturated heterocycles. The van der Waals surface area contributed by atoms with Crippen LogP contribution in [0, 0.1) is 69.0 Å². The Morgan fingerprint density at radius 3 is 0.918 bits per heavy atom. The van der Waals surface area contributed by atoms with E-state index in [0.717, 1.165) is 202 Å². The number of nitrogens with two attached hydrogens (primary N) is 1. The van der Waals surface area contributed by atoms with Crippen molar-refractivity contribution in [2.24, 2.45) is 29.4 Å². The van der Waals surface area contributed by atoms with E-state index in [2.05, 4.69) is 49.4 Å². The number of ether oxygens (including phenoxy) is 1. The third-order valence-corrected chi connectivity index (χ3v) is 29.5. The summed E-state index contributed by atoms with van der Waals surface area (Å²) >= 11 is 0. The number of carbonyl (C=O) groups excluding carboxylic acids is 10. The van der Waals surface area contributed by atoms with Crippen LogP contribution < -0.4 is 27.0 Å². The van der Waals surface area contributed by atoms with Gasteiger partial charge < -0.3 is 38.2 Å². The summed E-state index contributed by atoms with van der Waals surface area (Å²) < 4.78 is 15.0. The van der Waals surface area contributed by atoms with Crippen LogP contribution in [0.2, 0.25) is 0 Å². The molecule has 31 heteroatoms. The Kier molecular flexibility index (Phi) is 36.4. The van der Waals surface area contributed by atoms with E-state index in [1.807, 2.05) is 136 Å². The van der Waals surface area contributed by atoms with Gasteiger partial charge in [-0.05, 0) is 245 Å². The fourth-order valence-corrected chi connectivity index (χ4v) is 20.8. The average molecular weight is 1980 g/mol. The molecule has 4 unspecified atom stereocenters. The van der Waals surface area contributed by atoms with Crippen molar-refractivity contribution in [1.82, 2.24) is 52.7 Å². The van der Waals surface area contributed by atoms with Crippen molar-refractivity contribution in [3.63, 3.8) is 0 Å². The Hall–Kier alpha value is -15.7. The van der Waals surface area contributed by atoms with Crippen LogP contribution in [-0.4, -0.2) is 138 Å². The number of nitrogens with one attached hydrogen (secondary N) is 4. The normalized spacial score (nSPS) is 15.4. The Labute approximate surface area is 856 Å². The second-order valence-corrected chi connectivity index (χ2v) is 39.3. The number of imidazole rings is 5. The largest absolute Gasteiger partial charge is 0.385 e. The minimum absolute atomic E-state index is 0.0868. The van der Waals surface area contributed by atoms with Gasteiger partial charge in [-0.1, -0.05) is 129 Å². The SMILES string of the molecule is CC(C(=O)C1CCCCC1)c1ccc2c(c1)nc(NC(=O)c1ccc(C#N)cc1)n2CCC(N)=O.CC(C(=O)C1CCCCC1)c1ccc2c(c1)nc(NC(=O)c1ccc(C#N)cc1)n2CCCN1CCCC1=O.CC(C(=O)C1CCCCC1)c1ccc2c(c1)nc(NC(=O)c1ccc(C#N)cc1)n2CCCn1ccnc1.COCCCn1c(NC(=O)c2ccc(C#N)cc2)nc2cc(C(C)C(=O)C3CCCCC3)ccc21. The number of carbonyl (C=O) groups is 10. The van der Waals surface area contributed by atoms with E-state index >= 15 is 0 Å². The number of aromatic nitrogens is 10. The van der Waals surface area contributed by atoms with Gasteiger partial charge in [-0.3, -0.25) is 69.2 Å². The van der Waals surface area contributed by atoms with Crippen molar-refractivity contribution >= 4 is 127 Å². The number of anilines is 4. The zero-order valence-corrected chi connectivity index (χ0v) is 84.3. The number of hydrogen-bond donors (Lipinski definition) is 5. The van der Waals surface area contributed by atoms with E-state index in [9.17, 15) is 47.9 Å². The summed E-state index contributed by atoms with van der Waals surface area (Å²) in [5.74, 6) is 1.04. The van der Waals surface area contributed by atoms with Gasteiger partial charge >= 0.3 is 0 Å². The Balaban J connectivity index is 0.000000147. The molecule has 4 saturated carbocycles. The maximum absolute atomic E-state index is 13.2. The predicted octanol–water partition coefficient (Wildman–Crippen LogP) is 20.9. The number of benzene rings is 8. The van der Waals surface area contributed by atoms with Crippen LogP contribution in [0.4, 0.5) is 23.8 Å². The van der Waals surface area contributed by atoms with E-state index in [1.165, 1.54) is 25.7 Å². The topological polar surface area (TPSA) is 442 Å². The average Bonchev–Trinajstić information content (AvgIpc) is 1.65. The minimum Gasteiger partial charge on any atom is -0.385 e. The number of methoxy groups -OCH3 is 1. The quantitative estimate of drug-likeness (QED) is 0.0230. The molecule has 1 aliphatic heterocycles. The lowest BCUT2D eigenvalue weighted by molar-refractivity contribution is -0.128. The highest BCUT2D eigenvalue weighted by Gasteiger charge is 2.34. The molecule has 4 aliphatic carbocycles. The van der Waals surface area contributed by atoms with Crippen LogP contribution in [0.25, 0.3) is 44.1 Å². The standard InChI is InChI=1S/C31H35N5O3.C30H32N6O2.C28H32N4O3.C27H29N5O3/c1-21(29(38)23-7-3-2-4-8-23)25-14-15-27-26(19-25)33-31(34-30(39)24-12-10-22(20-32)11-13-24)36(27)18-6-17-35-16-5-9-28(35)37;1-21(28(37)23-6-3-2-4-7-23)25-12-13-27-26(18-25)33-30(36(27)16-5-15-35-17-14-32-20-35)34-29(38)24-10-8-22(19-31)9-11-24;1-19(26(33)21-7-4-3-5-8-21)23-13-14-25-24(17-23)30-28(32(25)15-6-16-35-2)31-27(34)22-11-9-20(18-29)10-12-22;1-17(25(34)19-5-3-2-4-6-19)21-11-12-23-22(15-21)30-27(32(23)14-13-24(29)33)31-26(35)20-9-7-18(16-28)8-10-20/h10-15,19,21,23H,2-9,16-18H2,1H3,(H,33,34,39);8-14,17-18,20-21,23H,2-7,15-16H2,1H3,(H,33,34,38);9-14,17,19,21H,3-8,15-16H2,1-2H3,(H,30,31,34);7-12,15,17,19H,2-6,13-14H2,1H3,(H2,29,33)(H,30,31,35). The Bertz CT molecular complexity index is 7080. The number of nitriles is 4. The maximum atomic E-state index is 13.2. The first-order valence-corrected chi connectivity index (χ1v) is 51.8. The van der Waals surface area contributed by atoms with Gasteiger partial charge in [-0.25, -0.2) is 24.9 Å². The summed E-state index contributed by atoms with van der Waals surface area (Å²) in [6, 6.07) is 57.6. The summed E-state index contributed by atoms with van der Waals surface area (Å²) in [5.41, 5.74) is 19.0. The molecule has 18 rings (SSSR count). The molecule has 758 valence electrons. The molecule has 6 heterocycles.